The molecule has 2 aromatic rings. The molecule has 0 spiro atoms. The number of carbonyl (C=O) groups excluding carboxylic acids is 1. The summed E-state index contributed by atoms with van der Waals surface area (Å²) >= 11 is 1.63. The van der Waals surface area contributed by atoms with Crippen molar-refractivity contribution in [2.45, 2.75) is 19.9 Å². The van der Waals surface area contributed by atoms with Gasteiger partial charge in [0.05, 0.1) is 6.54 Å². The van der Waals surface area contributed by atoms with Crippen molar-refractivity contribution < 1.29 is 4.79 Å². The molecular formula is C13H15N3OS. The van der Waals surface area contributed by atoms with E-state index < -0.39 is 0 Å². The molecule has 0 fully saturated rings. The second-order valence-corrected chi connectivity index (χ2v) is 5.08. The number of carbonyl (C=O) groups is 1. The van der Waals surface area contributed by atoms with Crippen LogP contribution in [-0.2, 0) is 13.0 Å². The van der Waals surface area contributed by atoms with E-state index in [1.54, 1.807) is 35.6 Å². The lowest BCUT2D eigenvalue weighted by atomic mass is 10.2. The van der Waals surface area contributed by atoms with Crippen LogP contribution in [0.15, 0.2) is 30.5 Å². The first-order chi connectivity index (χ1) is 8.69. The fourth-order valence-corrected chi connectivity index (χ4v) is 2.29. The lowest BCUT2D eigenvalue weighted by Gasteiger charge is -2.03. The number of rotatable bonds is 4. The second-order valence-electron chi connectivity index (χ2n) is 3.88. The highest BCUT2D eigenvalue weighted by Gasteiger charge is 2.06. The molecule has 4 nitrogen and oxygen atoms in total. The van der Waals surface area contributed by atoms with Crippen LogP contribution in [0.3, 0.4) is 0 Å². The number of hydrogen-bond acceptors (Lipinski definition) is 4. The van der Waals surface area contributed by atoms with Gasteiger partial charge in [0.2, 0.25) is 0 Å². The van der Waals surface area contributed by atoms with Crippen LogP contribution in [0.5, 0.6) is 0 Å². The van der Waals surface area contributed by atoms with Gasteiger partial charge in [-0.1, -0.05) is 6.92 Å². The van der Waals surface area contributed by atoms with Crippen molar-refractivity contribution in [2.75, 3.05) is 5.73 Å². The molecule has 1 amide bonds. The zero-order valence-electron chi connectivity index (χ0n) is 10.1. The van der Waals surface area contributed by atoms with Gasteiger partial charge in [-0.3, -0.25) is 4.79 Å². The lowest BCUT2D eigenvalue weighted by Crippen LogP contribution is -2.22. The van der Waals surface area contributed by atoms with Crippen molar-refractivity contribution in [3.8, 4) is 0 Å². The standard InChI is InChI=1S/C13H15N3OS/c1-2-11-7-15-12(18-11)8-16-13(17)9-3-5-10(14)6-4-9/h3-7H,2,8,14H2,1H3,(H,16,17). The predicted octanol–water partition coefficient (Wildman–Crippen LogP) is 2.22. The first-order valence-corrected chi connectivity index (χ1v) is 6.58. The minimum Gasteiger partial charge on any atom is -0.399 e. The Labute approximate surface area is 110 Å². The third kappa shape index (κ3) is 3.07. The van der Waals surface area contributed by atoms with Crippen molar-refractivity contribution in [2.24, 2.45) is 0 Å². The smallest absolute Gasteiger partial charge is 0.251 e. The van der Waals surface area contributed by atoms with E-state index in [1.807, 2.05) is 6.20 Å². The molecule has 5 heteroatoms. The van der Waals surface area contributed by atoms with Crippen LogP contribution in [0.4, 0.5) is 5.69 Å². The molecule has 0 aliphatic heterocycles. The Morgan fingerprint density at radius 1 is 1.39 bits per heavy atom. The van der Waals surface area contributed by atoms with Crippen molar-refractivity contribution >= 4 is 22.9 Å². The SMILES string of the molecule is CCc1cnc(CNC(=O)c2ccc(N)cc2)s1. The number of aryl methyl sites for hydroxylation is 1. The van der Waals surface area contributed by atoms with E-state index >= 15 is 0 Å². The maximum atomic E-state index is 11.8. The van der Waals surface area contributed by atoms with Gasteiger partial charge in [-0.15, -0.1) is 11.3 Å². The van der Waals surface area contributed by atoms with E-state index in [2.05, 4.69) is 17.2 Å². The van der Waals surface area contributed by atoms with Gasteiger partial charge in [-0.05, 0) is 30.7 Å². The van der Waals surface area contributed by atoms with Gasteiger partial charge in [-0.25, -0.2) is 4.98 Å². The van der Waals surface area contributed by atoms with E-state index in [0.717, 1.165) is 11.4 Å². The summed E-state index contributed by atoms with van der Waals surface area (Å²) in [5, 5.41) is 3.77. The van der Waals surface area contributed by atoms with Crippen LogP contribution < -0.4 is 11.1 Å². The van der Waals surface area contributed by atoms with Crippen LogP contribution in [0, 0.1) is 0 Å². The summed E-state index contributed by atoms with van der Waals surface area (Å²) in [5.41, 5.74) is 6.83. The zero-order valence-corrected chi connectivity index (χ0v) is 11.0. The third-order valence-electron chi connectivity index (χ3n) is 2.52. The van der Waals surface area contributed by atoms with Crippen LogP contribution in [0.1, 0.15) is 27.2 Å². The van der Waals surface area contributed by atoms with Gasteiger partial charge in [0.25, 0.3) is 5.91 Å². The molecule has 94 valence electrons. The monoisotopic (exact) mass is 261 g/mol. The highest BCUT2D eigenvalue weighted by molar-refractivity contribution is 7.11. The Morgan fingerprint density at radius 2 is 2.11 bits per heavy atom. The van der Waals surface area contributed by atoms with Gasteiger partial charge in [0.15, 0.2) is 0 Å². The number of aromatic nitrogens is 1. The minimum absolute atomic E-state index is 0.108. The summed E-state index contributed by atoms with van der Waals surface area (Å²) in [6.07, 6.45) is 2.83. The first-order valence-electron chi connectivity index (χ1n) is 5.76. The highest BCUT2D eigenvalue weighted by Crippen LogP contribution is 2.13. The maximum absolute atomic E-state index is 11.8. The molecule has 2 rings (SSSR count). The summed E-state index contributed by atoms with van der Waals surface area (Å²) < 4.78 is 0. The number of nitrogens with one attached hydrogen (secondary N) is 1. The molecule has 0 aliphatic rings. The van der Waals surface area contributed by atoms with Crippen LogP contribution in [-0.4, -0.2) is 10.9 Å². The number of nitrogens with zero attached hydrogens (tertiary/aromatic N) is 1. The van der Waals surface area contributed by atoms with Gasteiger partial charge in [0, 0.05) is 22.3 Å². The normalized spacial score (nSPS) is 10.3. The molecule has 0 saturated heterocycles. The van der Waals surface area contributed by atoms with Crippen molar-refractivity contribution in [3.63, 3.8) is 0 Å². The van der Waals surface area contributed by atoms with Crippen molar-refractivity contribution in [1.29, 1.82) is 0 Å². The second kappa shape index (κ2) is 5.64. The molecule has 1 aromatic carbocycles. The first kappa shape index (κ1) is 12.6. The summed E-state index contributed by atoms with van der Waals surface area (Å²) in [6.45, 7) is 2.55. The zero-order chi connectivity index (χ0) is 13.0. The minimum atomic E-state index is -0.108. The average molecular weight is 261 g/mol. The summed E-state index contributed by atoms with van der Waals surface area (Å²) in [7, 11) is 0. The third-order valence-corrected chi connectivity index (χ3v) is 3.66. The maximum Gasteiger partial charge on any atom is 0.251 e. The van der Waals surface area contributed by atoms with Gasteiger partial charge in [-0.2, -0.15) is 0 Å². The van der Waals surface area contributed by atoms with Crippen LogP contribution in [0.2, 0.25) is 0 Å². The van der Waals surface area contributed by atoms with E-state index in [4.69, 9.17) is 5.73 Å². The van der Waals surface area contributed by atoms with E-state index in [1.165, 1.54) is 4.88 Å². The number of amides is 1. The number of thiazole rings is 1. The molecule has 0 atom stereocenters. The number of benzene rings is 1. The quantitative estimate of drug-likeness (QED) is 0.829. The summed E-state index contributed by atoms with van der Waals surface area (Å²) in [5.74, 6) is -0.108. The van der Waals surface area contributed by atoms with Gasteiger partial charge < -0.3 is 11.1 Å². The topological polar surface area (TPSA) is 68.0 Å². The highest BCUT2D eigenvalue weighted by atomic mass is 32.1. The number of hydrogen-bond donors (Lipinski definition) is 2. The average Bonchev–Trinajstić information content (AvgIpc) is 2.85. The molecule has 0 unspecified atom stereocenters. The van der Waals surface area contributed by atoms with Crippen molar-refractivity contribution in [3.05, 3.63) is 45.9 Å². The fourth-order valence-electron chi connectivity index (χ4n) is 1.49. The molecule has 1 heterocycles. The molecular weight excluding hydrogens is 246 g/mol. The predicted molar refractivity (Wildman–Crippen MR) is 73.5 cm³/mol. The van der Waals surface area contributed by atoms with E-state index in [9.17, 15) is 4.79 Å². The number of nitrogens with two attached hydrogens (primary N) is 1. The van der Waals surface area contributed by atoms with Crippen molar-refractivity contribution in [1.82, 2.24) is 10.3 Å². The number of anilines is 1. The molecule has 0 aliphatic carbocycles. The largest absolute Gasteiger partial charge is 0.399 e. The summed E-state index contributed by atoms with van der Waals surface area (Å²) in [4.78, 5) is 17.3. The molecule has 0 radical (unpaired) electrons. The van der Waals surface area contributed by atoms with E-state index in [0.29, 0.717) is 17.8 Å². The Bertz CT molecular complexity index is 533. The van der Waals surface area contributed by atoms with Gasteiger partial charge >= 0.3 is 0 Å². The summed E-state index contributed by atoms with van der Waals surface area (Å²) in [6, 6.07) is 6.86. The Hall–Kier alpha value is -1.88. The number of nitrogen functional groups attached to an aromatic ring is 1. The Kier molecular flexibility index (Phi) is 3.94. The van der Waals surface area contributed by atoms with Crippen LogP contribution in [0.25, 0.3) is 0 Å². The lowest BCUT2D eigenvalue weighted by molar-refractivity contribution is 0.0951. The molecule has 1 aromatic heterocycles. The molecule has 0 saturated carbocycles. The Balaban J connectivity index is 1.93. The molecule has 3 N–H and O–H groups in total. The van der Waals surface area contributed by atoms with E-state index in [-0.39, 0.29) is 5.91 Å². The molecule has 0 bridgehead atoms. The van der Waals surface area contributed by atoms with Gasteiger partial charge in [0.1, 0.15) is 5.01 Å². The fraction of sp³-hybridized carbons (Fsp3) is 0.231. The molecule has 18 heavy (non-hydrogen) atoms. The van der Waals surface area contributed by atoms with Crippen LogP contribution >= 0.6 is 11.3 Å². The Morgan fingerprint density at radius 3 is 2.72 bits per heavy atom.